The maximum Gasteiger partial charge on any atom is 0.261 e. The van der Waals surface area contributed by atoms with E-state index in [0.717, 1.165) is 5.56 Å². The van der Waals surface area contributed by atoms with E-state index in [1.807, 2.05) is 6.07 Å². The molecular weight excluding hydrogens is 190 g/mol. The summed E-state index contributed by atoms with van der Waals surface area (Å²) in [6.07, 6.45) is 0. The summed E-state index contributed by atoms with van der Waals surface area (Å²) in [5.74, 6) is 0.495. The van der Waals surface area contributed by atoms with Crippen molar-refractivity contribution in [3.63, 3.8) is 0 Å². The van der Waals surface area contributed by atoms with Crippen molar-refractivity contribution in [3.8, 4) is 11.5 Å². The fourth-order valence-corrected chi connectivity index (χ4v) is 1.16. The van der Waals surface area contributed by atoms with Gasteiger partial charge >= 0.3 is 0 Å². The van der Waals surface area contributed by atoms with Gasteiger partial charge in [-0.2, -0.15) is 4.98 Å². The van der Waals surface area contributed by atoms with Crippen molar-refractivity contribution >= 4 is 17.5 Å². The minimum Gasteiger partial charge on any atom is -0.365 e. The highest BCUT2D eigenvalue weighted by atomic mass is 35.5. The molecule has 2 rings (SSSR count). The molecule has 2 N–H and O–H groups in total. The highest BCUT2D eigenvalue weighted by Crippen LogP contribution is 2.20. The molecule has 0 unspecified atom stereocenters. The zero-order chi connectivity index (χ0) is 9.26. The van der Waals surface area contributed by atoms with Crippen LogP contribution in [-0.4, -0.2) is 10.1 Å². The summed E-state index contributed by atoms with van der Waals surface area (Å²) < 4.78 is 4.86. The molecule has 0 aliphatic rings. The van der Waals surface area contributed by atoms with Gasteiger partial charge in [0.15, 0.2) is 0 Å². The molecule has 0 atom stereocenters. The van der Waals surface area contributed by atoms with Gasteiger partial charge in [0.1, 0.15) is 0 Å². The first-order chi connectivity index (χ1) is 6.25. The van der Waals surface area contributed by atoms with Crippen LogP contribution in [0.1, 0.15) is 0 Å². The van der Waals surface area contributed by atoms with Crippen molar-refractivity contribution in [2.45, 2.75) is 0 Å². The first kappa shape index (κ1) is 8.07. The first-order valence-corrected chi connectivity index (χ1v) is 3.98. The summed E-state index contributed by atoms with van der Waals surface area (Å²) in [7, 11) is 0. The molecule has 66 valence electrons. The molecule has 1 heterocycles. The second-order valence-corrected chi connectivity index (χ2v) is 2.90. The monoisotopic (exact) mass is 195 g/mol. The van der Waals surface area contributed by atoms with Crippen LogP contribution in [0.15, 0.2) is 28.8 Å². The predicted octanol–water partition coefficient (Wildman–Crippen LogP) is 1.97. The number of nitrogens with two attached hydrogens (primary N) is 1. The second kappa shape index (κ2) is 3.06. The van der Waals surface area contributed by atoms with E-state index in [1.54, 1.807) is 18.2 Å². The van der Waals surface area contributed by atoms with E-state index in [-0.39, 0.29) is 5.95 Å². The molecule has 0 spiro atoms. The number of anilines is 1. The molecule has 0 saturated carbocycles. The summed E-state index contributed by atoms with van der Waals surface area (Å²) in [5, 5.41) is 4.09. The zero-order valence-corrected chi connectivity index (χ0v) is 7.32. The van der Waals surface area contributed by atoms with Crippen molar-refractivity contribution in [3.05, 3.63) is 29.3 Å². The average molecular weight is 196 g/mol. The molecule has 0 amide bonds. The Morgan fingerprint density at radius 3 is 2.85 bits per heavy atom. The Hall–Kier alpha value is -1.55. The first-order valence-electron chi connectivity index (χ1n) is 3.61. The summed E-state index contributed by atoms with van der Waals surface area (Å²) in [6, 6.07) is 7.12. The standard InChI is InChI=1S/C8H6ClN3O/c9-6-3-1-2-5(4-6)7-11-8(10)12-13-7/h1-4H,(H2,10,12). The number of aromatic nitrogens is 2. The van der Waals surface area contributed by atoms with Gasteiger partial charge in [0.25, 0.3) is 11.8 Å². The van der Waals surface area contributed by atoms with Gasteiger partial charge in [0.2, 0.25) is 0 Å². The molecule has 1 aromatic heterocycles. The molecule has 2 aromatic rings. The third kappa shape index (κ3) is 1.62. The van der Waals surface area contributed by atoms with E-state index in [0.29, 0.717) is 10.9 Å². The molecule has 4 nitrogen and oxygen atoms in total. The van der Waals surface area contributed by atoms with Gasteiger partial charge in [-0.25, -0.2) is 0 Å². The van der Waals surface area contributed by atoms with Gasteiger partial charge in [0.05, 0.1) is 0 Å². The lowest BCUT2D eigenvalue weighted by molar-refractivity contribution is 0.433. The van der Waals surface area contributed by atoms with Crippen LogP contribution in [-0.2, 0) is 0 Å². The molecule has 0 aliphatic carbocycles. The van der Waals surface area contributed by atoms with Gasteiger partial charge in [0, 0.05) is 10.6 Å². The number of rotatable bonds is 1. The van der Waals surface area contributed by atoms with E-state index in [9.17, 15) is 0 Å². The van der Waals surface area contributed by atoms with Crippen LogP contribution in [0.2, 0.25) is 5.02 Å². The second-order valence-electron chi connectivity index (χ2n) is 2.47. The van der Waals surface area contributed by atoms with E-state index in [4.69, 9.17) is 21.9 Å². The van der Waals surface area contributed by atoms with Gasteiger partial charge < -0.3 is 10.3 Å². The minimum absolute atomic E-state index is 0.120. The molecule has 0 bridgehead atoms. The van der Waals surface area contributed by atoms with Crippen LogP contribution < -0.4 is 5.73 Å². The lowest BCUT2D eigenvalue weighted by Crippen LogP contribution is -1.85. The predicted molar refractivity (Wildman–Crippen MR) is 49.2 cm³/mol. The van der Waals surface area contributed by atoms with Gasteiger partial charge in [-0.3, -0.25) is 0 Å². The Balaban J connectivity index is 2.46. The van der Waals surface area contributed by atoms with Gasteiger partial charge in [-0.15, -0.1) is 0 Å². The number of hydrogen-bond acceptors (Lipinski definition) is 4. The van der Waals surface area contributed by atoms with Crippen LogP contribution >= 0.6 is 11.6 Å². The molecule has 0 radical (unpaired) electrons. The van der Waals surface area contributed by atoms with Crippen LogP contribution in [0, 0.1) is 0 Å². The molecule has 0 fully saturated rings. The number of hydrogen-bond donors (Lipinski definition) is 1. The highest BCUT2D eigenvalue weighted by molar-refractivity contribution is 6.30. The lowest BCUT2D eigenvalue weighted by Gasteiger charge is -1.93. The van der Waals surface area contributed by atoms with Crippen LogP contribution in [0.4, 0.5) is 5.95 Å². The third-order valence-electron chi connectivity index (χ3n) is 1.51. The Morgan fingerprint density at radius 2 is 2.23 bits per heavy atom. The van der Waals surface area contributed by atoms with E-state index < -0.39 is 0 Å². The Labute approximate surface area is 79.3 Å². The van der Waals surface area contributed by atoms with Crippen molar-refractivity contribution in [1.29, 1.82) is 0 Å². The summed E-state index contributed by atoms with van der Waals surface area (Å²) >= 11 is 5.78. The Morgan fingerprint density at radius 1 is 1.38 bits per heavy atom. The topological polar surface area (TPSA) is 64.9 Å². The SMILES string of the molecule is Nc1noc(-c2cccc(Cl)c2)n1. The molecule has 1 aromatic carbocycles. The quantitative estimate of drug-likeness (QED) is 0.756. The van der Waals surface area contributed by atoms with E-state index >= 15 is 0 Å². The Bertz CT molecular complexity index is 427. The molecule has 0 aliphatic heterocycles. The molecule has 0 saturated heterocycles. The number of benzene rings is 1. The fourth-order valence-electron chi connectivity index (χ4n) is 0.974. The van der Waals surface area contributed by atoms with E-state index in [1.165, 1.54) is 0 Å². The summed E-state index contributed by atoms with van der Waals surface area (Å²) in [4.78, 5) is 3.86. The van der Waals surface area contributed by atoms with Crippen LogP contribution in [0.5, 0.6) is 0 Å². The smallest absolute Gasteiger partial charge is 0.261 e. The average Bonchev–Trinajstić information content (AvgIpc) is 2.52. The van der Waals surface area contributed by atoms with Crippen molar-refractivity contribution in [2.24, 2.45) is 0 Å². The summed E-state index contributed by atoms with van der Waals surface area (Å²) in [6.45, 7) is 0. The van der Waals surface area contributed by atoms with Gasteiger partial charge in [-0.1, -0.05) is 17.7 Å². The summed E-state index contributed by atoms with van der Waals surface area (Å²) in [5.41, 5.74) is 6.07. The van der Waals surface area contributed by atoms with Crippen LogP contribution in [0.25, 0.3) is 11.5 Å². The largest absolute Gasteiger partial charge is 0.365 e. The number of nitrogens with zero attached hydrogens (tertiary/aromatic N) is 2. The Kier molecular flexibility index (Phi) is 1.90. The third-order valence-corrected chi connectivity index (χ3v) is 1.75. The van der Waals surface area contributed by atoms with Crippen molar-refractivity contribution in [2.75, 3.05) is 5.73 Å². The fraction of sp³-hybridized carbons (Fsp3) is 0. The number of halogens is 1. The molecule has 5 heteroatoms. The van der Waals surface area contributed by atoms with Crippen LogP contribution in [0.3, 0.4) is 0 Å². The normalized spacial score (nSPS) is 10.2. The molecule has 13 heavy (non-hydrogen) atoms. The molecular formula is C8H6ClN3O. The lowest BCUT2D eigenvalue weighted by atomic mass is 10.2. The van der Waals surface area contributed by atoms with E-state index in [2.05, 4.69) is 10.1 Å². The minimum atomic E-state index is 0.120. The van der Waals surface area contributed by atoms with Gasteiger partial charge in [-0.05, 0) is 23.4 Å². The maximum absolute atomic E-state index is 5.78. The van der Waals surface area contributed by atoms with Crippen molar-refractivity contribution < 1.29 is 4.52 Å². The van der Waals surface area contributed by atoms with Crippen molar-refractivity contribution in [1.82, 2.24) is 10.1 Å². The maximum atomic E-state index is 5.78. The highest BCUT2D eigenvalue weighted by Gasteiger charge is 2.05. The number of nitrogen functional groups attached to an aromatic ring is 1. The zero-order valence-electron chi connectivity index (χ0n) is 6.57.